The molecule has 1 aliphatic heterocycles. The van der Waals surface area contributed by atoms with Crippen molar-refractivity contribution in [3.8, 4) is 17.2 Å². The van der Waals surface area contributed by atoms with Gasteiger partial charge in [0, 0.05) is 45.0 Å². The Morgan fingerprint density at radius 3 is 1.97 bits per heavy atom. The maximum Gasteiger partial charge on any atom is 0.202 e. The first-order valence-corrected chi connectivity index (χ1v) is 10.2. The van der Waals surface area contributed by atoms with Crippen LogP contribution in [-0.2, 0) is 4.74 Å². The van der Waals surface area contributed by atoms with Crippen molar-refractivity contribution in [2.45, 2.75) is 0 Å². The van der Waals surface area contributed by atoms with Crippen LogP contribution in [-0.4, -0.2) is 84.3 Å². The number of rotatable bonds is 7. The number of phenols is 3. The second-order valence-electron chi connectivity index (χ2n) is 7.53. The van der Waals surface area contributed by atoms with Gasteiger partial charge < -0.3 is 30.7 Å². The van der Waals surface area contributed by atoms with Crippen LogP contribution in [0.15, 0.2) is 24.3 Å². The Kier molecular flexibility index (Phi) is 6.08. The van der Waals surface area contributed by atoms with Gasteiger partial charge in [0.05, 0.1) is 35.5 Å². The lowest BCUT2D eigenvalue weighted by molar-refractivity contribution is 0.0385. The fraction of sp³-hybridized carbons (Fsp3) is 0.364. The Morgan fingerprint density at radius 1 is 0.774 bits per heavy atom. The zero-order chi connectivity index (χ0) is 22.0. The molecule has 1 saturated heterocycles. The topological polar surface area (TPSA) is 131 Å². The first-order valence-electron chi connectivity index (χ1n) is 10.2. The molecule has 9 nitrogen and oxygen atoms in total. The normalized spacial score (nSPS) is 16.1. The summed E-state index contributed by atoms with van der Waals surface area (Å²) in [5.74, 6) is -2.50. The summed E-state index contributed by atoms with van der Waals surface area (Å²) in [7, 11) is 0. The van der Waals surface area contributed by atoms with Crippen LogP contribution in [0.25, 0.3) is 0 Å². The molecule has 9 heteroatoms. The van der Waals surface area contributed by atoms with Crippen LogP contribution >= 0.6 is 0 Å². The molecule has 31 heavy (non-hydrogen) atoms. The van der Waals surface area contributed by atoms with Crippen molar-refractivity contribution >= 4 is 17.3 Å². The van der Waals surface area contributed by atoms with E-state index in [1.54, 1.807) is 0 Å². The van der Waals surface area contributed by atoms with Crippen LogP contribution in [0.1, 0.15) is 31.8 Å². The first-order chi connectivity index (χ1) is 15.0. The lowest BCUT2D eigenvalue weighted by Gasteiger charge is -2.26. The van der Waals surface area contributed by atoms with Crippen LogP contribution < -0.4 is 10.6 Å². The molecule has 1 fully saturated rings. The molecule has 0 saturated carbocycles. The number of morpholine rings is 1. The summed E-state index contributed by atoms with van der Waals surface area (Å²) < 4.78 is 5.33. The molecule has 2 aliphatic rings. The van der Waals surface area contributed by atoms with E-state index in [0.29, 0.717) is 18.8 Å². The van der Waals surface area contributed by atoms with Crippen LogP contribution in [0.3, 0.4) is 0 Å². The zero-order valence-corrected chi connectivity index (χ0v) is 17.0. The number of hydrogen-bond acceptors (Lipinski definition) is 9. The summed E-state index contributed by atoms with van der Waals surface area (Å²) in [4.78, 5) is 28.4. The summed E-state index contributed by atoms with van der Waals surface area (Å²) in [6.07, 6.45) is 0. The number of benzene rings is 2. The van der Waals surface area contributed by atoms with E-state index in [-0.39, 0.29) is 28.0 Å². The Labute approximate surface area is 179 Å². The van der Waals surface area contributed by atoms with Gasteiger partial charge in [0.1, 0.15) is 17.2 Å². The minimum atomic E-state index is -0.706. The minimum Gasteiger partial charge on any atom is -0.507 e. The number of ketones is 2. The Balaban J connectivity index is 1.45. The third-order valence-corrected chi connectivity index (χ3v) is 5.58. The fourth-order valence-corrected chi connectivity index (χ4v) is 3.97. The highest BCUT2D eigenvalue weighted by Crippen LogP contribution is 2.42. The van der Waals surface area contributed by atoms with E-state index in [4.69, 9.17) is 4.74 Å². The van der Waals surface area contributed by atoms with Crippen LogP contribution in [0.2, 0.25) is 0 Å². The minimum absolute atomic E-state index is 0.00767. The quantitative estimate of drug-likeness (QED) is 0.276. The highest BCUT2D eigenvalue weighted by molar-refractivity contribution is 6.32. The fourth-order valence-electron chi connectivity index (χ4n) is 3.97. The van der Waals surface area contributed by atoms with Crippen molar-refractivity contribution < 1.29 is 29.6 Å². The van der Waals surface area contributed by atoms with Crippen molar-refractivity contribution in [2.24, 2.45) is 0 Å². The van der Waals surface area contributed by atoms with Gasteiger partial charge in [-0.15, -0.1) is 0 Å². The van der Waals surface area contributed by atoms with E-state index in [1.807, 2.05) is 0 Å². The van der Waals surface area contributed by atoms with Gasteiger partial charge in [0.25, 0.3) is 0 Å². The van der Waals surface area contributed by atoms with Crippen molar-refractivity contribution in [3.63, 3.8) is 0 Å². The van der Waals surface area contributed by atoms with E-state index in [1.165, 1.54) is 18.2 Å². The van der Waals surface area contributed by atoms with E-state index < -0.39 is 23.1 Å². The molecule has 2 aromatic carbocycles. The third-order valence-electron chi connectivity index (χ3n) is 5.58. The highest BCUT2D eigenvalue weighted by Gasteiger charge is 2.38. The molecular formula is C22H25N3O6. The average molecular weight is 427 g/mol. The number of carbonyl (C=O) groups excluding carboxylic acids is 2. The number of anilines is 1. The second-order valence-corrected chi connectivity index (χ2v) is 7.53. The molecule has 0 aromatic heterocycles. The van der Waals surface area contributed by atoms with Crippen molar-refractivity contribution in [1.82, 2.24) is 10.2 Å². The Morgan fingerprint density at radius 2 is 1.32 bits per heavy atom. The Bertz CT molecular complexity index is 1020. The van der Waals surface area contributed by atoms with Gasteiger partial charge in [-0.25, -0.2) is 0 Å². The number of nitrogens with zero attached hydrogens (tertiary/aromatic N) is 1. The van der Waals surface area contributed by atoms with Crippen LogP contribution in [0.5, 0.6) is 17.2 Å². The lowest BCUT2D eigenvalue weighted by Crippen LogP contribution is -2.40. The number of carbonyl (C=O) groups is 2. The summed E-state index contributed by atoms with van der Waals surface area (Å²) in [6, 6.07) is 5.17. The monoisotopic (exact) mass is 427 g/mol. The van der Waals surface area contributed by atoms with Gasteiger partial charge in [0.2, 0.25) is 11.6 Å². The summed E-state index contributed by atoms with van der Waals surface area (Å²) in [6.45, 7) is 6.23. The van der Waals surface area contributed by atoms with E-state index >= 15 is 0 Å². The predicted molar refractivity (Wildman–Crippen MR) is 113 cm³/mol. The van der Waals surface area contributed by atoms with Crippen molar-refractivity contribution in [3.05, 3.63) is 46.5 Å². The van der Waals surface area contributed by atoms with Crippen LogP contribution in [0.4, 0.5) is 5.69 Å². The van der Waals surface area contributed by atoms with E-state index in [0.717, 1.165) is 45.5 Å². The van der Waals surface area contributed by atoms with Crippen molar-refractivity contribution in [2.75, 3.05) is 57.8 Å². The maximum absolute atomic E-state index is 13.1. The molecule has 2 aromatic rings. The standard InChI is InChI=1S/C22H25N3O6/c26-14-2-1-13(24-6-5-23-7-8-25-9-11-31-12-10-25)17-18(14)22(30)20-16(28)4-3-15(27)19(20)21(17)29/h1-4,23-24,26-28H,5-12H2. The van der Waals surface area contributed by atoms with Gasteiger partial charge in [-0.2, -0.15) is 0 Å². The molecule has 0 spiro atoms. The van der Waals surface area contributed by atoms with Crippen molar-refractivity contribution in [1.29, 1.82) is 0 Å². The maximum atomic E-state index is 13.1. The van der Waals surface area contributed by atoms with Gasteiger partial charge in [0.15, 0.2) is 0 Å². The summed E-state index contributed by atoms with van der Waals surface area (Å²) in [5.41, 5.74) is -0.352. The number of fused-ring (bicyclic) bond motifs is 2. The highest BCUT2D eigenvalue weighted by atomic mass is 16.5. The summed E-state index contributed by atoms with van der Waals surface area (Å²) in [5, 5.41) is 36.9. The van der Waals surface area contributed by atoms with Gasteiger partial charge in [-0.05, 0) is 24.3 Å². The van der Waals surface area contributed by atoms with Gasteiger partial charge in [-0.1, -0.05) is 0 Å². The van der Waals surface area contributed by atoms with Crippen LogP contribution in [0, 0.1) is 0 Å². The lowest BCUT2D eigenvalue weighted by atomic mass is 9.81. The third kappa shape index (κ3) is 4.07. The molecule has 164 valence electrons. The largest absolute Gasteiger partial charge is 0.507 e. The van der Waals surface area contributed by atoms with Gasteiger partial charge in [-0.3, -0.25) is 14.5 Å². The molecule has 1 aliphatic carbocycles. The number of phenolic OH excluding ortho intramolecular Hbond substituents is 3. The average Bonchev–Trinajstić information content (AvgIpc) is 2.77. The predicted octanol–water partition coefficient (Wildman–Crippen LogP) is 0.912. The molecule has 1 heterocycles. The molecule has 0 bridgehead atoms. The molecule has 0 unspecified atom stereocenters. The molecule has 0 amide bonds. The summed E-state index contributed by atoms with van der Waals surface area (Å²) >= 11 is 0. The molecule has 5 N–H and O–H groups in total. The number of ether oxygens (including phenoxy) is 1. The molecule has 4 rings (SSSR count). The number of nitrogens with one attached hydrogen (secondary N) is 2. The first kappa shape index (κ1) is 21.1. The van der Waals surface area contributed by atoms with E-state index in [9.17, 15) is 24.9 Å². The number of hydrogen-bond donors (Lipinski definition) is 5. The molecule has 0 atom stereocenters. The zero-order valence-electron chi connectivity index (χ0n) is 17.0. The smallest absolute Gasteiger partial charge is 0.202 e. The second kappa shape index (κ2) is 8.93. The molecular weight excluding hydrogens is 402 g/mol. The van der Waals surface area contributed by atoms with Gasteiger partial charge >= 0.3 is 0 Å². The SMILES string of the molecule is O=C1c2c(O)ccc(O)c2C(=O)c2c(NCCNCCN3CCOCC3)ccc(O)c21. The number of aromatic hydroxyl groups is 3. The Hall–Kier alpha value is -3.14. The molecule has 0 radical (unpaired) electrons. The van der Waals surface area contributed by atoms with E-state index in [2.05, 4.69) is 15.5 Å².